The Morgan fingerprint density at radius 3 is 2.40 bits per heavy atom. The summed E-state index contributed by atoms with van der Waals surface area (Å²) in [5.41, 5.74) is 2.14. The fraction of sp³-hybridized carbons (Fsp3) is 0.500. The van der Waals surface area contributed by atoms with Gasteiger partial charge in [0.05, 0.1) is 27.9 Å². The second-order valence-corrected chi connectivity index (χ2v) is 8.88. The lowest BCUT2D eigenvalue weighted by Crippen LogP contribution is -2.54. The second-order valence-electron chi connectivity index (χ2n) is 8.88. The molecule has 1 amide bonds. The van der Waals surface area contributed by atoms with Crippen LogP contribution >= 0.6 is 0 Å². The van der Waals surface area contributed by atoms with E-state index in [1.54, 1.807) is 14.2 Å². The summed E-state index contributed by atoms with van der Waals surface area (Å²) >= 11 is 0. The fourth-order valence-corrected chi connectivity index (χ4v) is 4.88. The van der Waals surface area contributed by atoms with Crippen molar-refractivity contribution >= 4 is 11.9 Å². The zero-order valence-corrected chi connectivity index (χ0v) is 21.2. The molecular formula is C28H37NO6. The number of hydrogen-bond acceptors (Lipinski definition) is 6. The van der Waals surface area contributed by atoms with Crippen LogP contribution in [0.4, 0.5) is 0 Å². The smallest absolute Gasteiger partial charge is 0.318 e. The Labute approximate surface area is 208 Å². The van der Waals surface area contributed by atoms with Gasteiger partial charge in [-0.1, -0.05) is 49.7 Å². The van der Waals surface area contributed by atoms with Crippen molar-refractivity contribution < 1.29 is 28.5 Å². The number of carbonyl (C=O) groups excluding carboxylic acids is 2. The Hall–Kier alpha value is -3.06. The molecule has 1 saturated heterocycles. The van der Waals surface area contributed by atoms with E-state index in [0.29, 0.717) is 50.6 Å². The third-order valence-electron chi connectivity index (χ3n) is 6.87. The first kappa shape index (κ1) is 26.5. The van der Waals surface area contributed by atoms with Gasteiger partial charge < -0.3 is 23.8 Å². The first-order valence-corrected chi connectivity index (χ1v) is 12.2. The Kier molecular flexibility index (Phi) is 9.97. The first-order chi connectivity index (χ1) is 17.0. The SMILES string of the molecule is CCC1CN(CCc2ccc(OC)c(OC)c2)C(=O)[C@@H](C(=O)OC)[C@@H]1CCOCc1ccccc1. The molecule has 7 nitrogen and oxygen atoms in total. The maximum Gasteiger partial charge on any atom is 0.318 e. The van der Waals surface area contributed by atoms with E-state index in [2.05, 4.69) is 6.92 Å². The Morgan fingerprint density at radius 1 is 1.00 bits per heavy atom. The van der Waals surface area contributed by atoms with Crippen LogP contribution in [0.3, 0.4) is 0 Å². The molecule has 7 heteroatoms. The summed E-state index contributed by atoms with van der Waals surface area (Å²) < 4.78 is 21.7. The van der Waals surface area contributed by atoms with Crippen molar-refractivity contribution in [3.63, 3.8) is 0 Å². The van der Waals surface area contributed by atoms with Crippen molar-refractivity contribution in [1.29, 1.82) is 0 Å². The molecule has 35 heavy (non-hydrogen) atoms. The molecule has 0 aromatic heterocycles. The van der Waals surface area contributed by atoms with Crippen molar-refractivity contribution in [2.75, 3.05) is 41.0 Å². The molecule has 0 spiro atoms. The summed E-state index contributed by atoms with van der Waals surface area (Å²) in [6, 6.07) is 15.7. The molecule has 0 bridgehead atoms. The van der Waals surface area contributed by atoms with Gasteiger partial charge >= 0.3 is 5.97 Å². The van der Waals surface area contributed by atoms with Crippen LogP contribution in [0.5, 0.6) is 11.5 Å². The first-order valence-electron chi connectivity index (χ1n) is 12.2. The van der Waals surface area contributed by atoms with Gasteiger partial charge in [-0.15, -0.1) is 0 Å². The van der Waals surface area contributed by atoms with Crippen molar-refractivity contribution in [3.8, 4) is 11.5 Å². The molecule has 3 rings (SSSR count). The van der Waals surface area contributed by atoms with Crippen molar-refractivity contribution in [3.05, 3.63) is 59.7 Å². The Balaban J connectivity index is 1.66. The lowest BCUT2D eigenvalue weighted by Gasteiger charge is -2.42. The van der Waals surface area contributed by atoms with Crippen molar-refractivity contribution in [1.82, 2.24) is 4.90 Å². The molecule has 0 radical (unpaired) electrons. The molecule has 1 aliphatic rings. The van der Waals surface area contributed by atoms with E-state index >= 15 is 0 Å². The van der Waals surface area contributed by atoms with Crippen molar-refractivity contribution in [2.45, 2.75) is 32.8 Å². The Bertz CT molecular complexity index is 963. The maximum absolute atomic E-state index is 13.4. The van der Waals surface area contributed by atoms with E-state index in [1.807, 2.05) is 53.4 Å². The number of likely N-dealkylation sites (tertiary alicyclic amines) is 1. The molecule has 0 saturated carbocycles. The van der Waals surface area contributed by atoms with Crippen LogP contribution < -0.4 is 9.47 Å². The standard InChI is InChI=1S/C28H37NO6/c1-5-22-18-29(15-13-20-11-12-24(32-2)25(17-20)33-3)27(30)26(28(31)34-4)23(22)14-16-35-19-21-9-7-6-8-10-21/h6-12,17,22-23,26H,5,13-16,18-19H2,1-4H3/t22?,23-,26+/m1/s1. The van der Waals surface area contributed by atoms with Gasteiger partial charge in [0, 0.05) is 19.7 Å². The fourth-order valence-electron chi connectivity index (χ4n) is 4.88. The quantitative estimate of drug-likeness (QED) is 0.257. The lowest BCUT2D eigenvalue weighted by molar-refractivity contribution is -0.162. The molecule has 2 aromatic rings. The number of esters is 1. The van der Waals surface area contributed by atoms with E-state index in [0.717, 1.165) is 17.5 Å². The molecular weight excluding hydrogens is 446 g/mol. The van der Waals surface area contributed by atoms with Gasteiger partial charge in [0.1, 0.15) is 5.92 Å². The number of methoxy groups -OCH3 is 3. The number of hydrogen-bond donors (Lipinski definition) is 0. The summed E-state index contributed by atoms with van der Waals surface area (Å²) in [6.45, 7) is 4.26. The molecule has 0 aliphatic carbocycles. The third kappa shape index (κ3) is 6.75. The van der Waals surface area contributed by atoms with Gasteiger partial charge in [-0.05, 0) is 47.9 Å². The zero-order chi connectivity index (χ0) is 25.2. The van der Waals surface area contributed by atoms with Crippen LogP contribution in [0.2, 0.25) is 0 Å². The molecule has 190 valence electrons. The van der Waals surface area contributed by atoms with Crippen LogP contribution in [-0.4, -0.2) is 57.8 Å². The number of piperidine rings is 1. The summed E-state index contributed by atoms with van der Waals surface area (Å²) in [7, 11) is 4.55. The van der Waals surface area contributed by atoms with Gasteiger partial charge in [0.15, 0.2) is 11.5 Å². The molecule has 1 heterocycles. The van der Waals surface area contributed by atoms with E-state index in [-0.39, 0.29) is 17.7 Å². The highest BCUT2D eigenvalue weighted by molar-refractivity contribution is 5.98. The molecule has 1 aliphatic heterocycles. The molecule has 1 unspecified atom stereocenters. The van der Waals surface area contributed by atoms with Crippen molar-refractivity contribution in [2.24, 2.45) is 17.8 Å². The minimum Gasteiger partial charge on any atom is -0.493 e. The third-order valence-corrected chi connectivity index (χ3v) is 6.87. The zero-order valence-electron chi connectivity index (χ0n) is 21.2. The Morgan fingerprint density at radius 2 is 1.74 bits per heavy atom. The van der Waals surface area contributed by atoms with E-state index < -0.39 is 11.9 Å². The summed E-state index contributed by atoms with van der Waals surface area (Å²) in [5.74, 6) is -0.00346. The predicted molar refractivity (Wildman–Crippen MR) is 133 cm³/mol. The van der Waals surface area contributed by atoms with Crippen LogP contribution in [-0.2, 0) is 32.1 Å². The molecule has 3 atom stereocenters. The number of ether oxygens (including phenoxy) is 4. The van der Waals surface area contributed by atoms with Gasteiger partial charge in [-0.2, -0.15) is 0 Å². The summed E-state index contributed by atoms with van der Waals surface area (Å²) in [4.78, 5) is 28.0. The second kappa shape index (κ2) is 13.1. The average molecular weight is 484 g/mol. The largest absolute Gasteiger partial charge is 0.493 e. The van der Waals surface area contributed by atoms with Crippen LogP contribution in [0.1, 0.15) is 30.9 Å². The lowest BCUT2D eigenvalue weighted by atomic mass is 9.74. The monoisotopic (exact) mass is 483 g/mol. The van der Waals surface area contributed by atoms with Gasteiger partial charge in [0.25, 0.3) is 0 Å². The van der Waals surface area contributed by atoms with Crippen LogP contribution in [0, 0.1) is 17.8 Å². The van der Waals surface area contributed by atoms with Crippen LogP contribution in [0.15, 0.2) is 48.5 Å². The van der Waals surface area contributed by atoms with Gasteiger partial charge in [-0.25, -0.2) is 0 Å². The van der Waals surface area contributed by atoms with E-state index in [4.69, 9.17) is 18.9 Å². The average Bonchev–Trinajstić information content (AvgIpc) is 2.90. The summed E-state index contributed by atoms with van der Waals surface area (Å²) in [5, 5.41) is 0. The predicted octanol–water partition coefficient (Wildman–Crippen LogP) is 4.13. The molecule has 2 aromatic carbocycles. The van der Waals surface area contributed by atoms with Gasteiger partial charge in [-0.3, -0.25) is 9.59 Å². The normalized spacial score (nSPS) is 19.9. The highest BCUT2D eigenvalue weighted by Gasteiger charge is 2.46. The van der Waals surface area contributed by atoms with Gasteiger partial charge in [0.2, 0.25) is 5.91 Å². The highest BCUT2D eigenvalue weighted by atomic mass is 16.5. The number of carbonyl (C=O) groups is 2. The highest BCUT2D eigenvalue weighted by Crippen LogP contribution is 2.36. The number of nitrogens with zero attached hydrogens (tertiary/aromatic N) is 1. The molecule has 1 fully saturated rings. The topological polar surface area (TPSA) is 74.3 Å². The minimum atomic E-state index is -0.801. The minimum absolute atomic E-state index is 0.104. The number of benzene rings is 2. The maximum atomic E-state index is 13.4. The number of rotatable bonds is 12. The number of amides is 1. The van der Waals surface area contributed by atoms with Crippen LogP contribution in [0.25, 0.3) is 0 Å². The molecule has 0 N–H and O–H groups in total. The van der Waals surface area contributed by atoms with E-state index in [1.165, 1.54) is 7.11 Å². The van der Waals surface area contributed by atoms with E-state index in [9.17, 15) is 9.59 Å². The summed E-state index contributed by atoms with van der Waals surface area (Å²) in [6.07, 6.45) is 2.17.